The third kappa shape index (κ3) is 5.28. The van der Waals surface area contributed by atoms with Crippen LogP contribution in [0.25, 0.3) is 51.3 Å². The zero-order chi connectivity index (χ0) is 43.7. The summed E-state index contributed by atoms with van der Waals surface area (Å²) >= 11 is 4.93. The Morgan fingerprint density at radius 1 is 0.635 bits per heavy atom. The van der Waals surface area contributed by atoms with Gasteiger partial charge in [0.05, 0.1) is 39.4 Å². The Hall–Kier alpha value is -6.48. The normalized spacial score (nSPS) is 22.1. The minimum atomic E-state index is -1.19. The van der Waals surface area contributed by atoms with E-state index in [0.29, 0.717) is 4.88 Å². The van der Waals surface area contributed by atoms with Gasteiger partial charge in [0, 0.05) is 58.7 Å². The van der Waals surface area contributed by atoms with Crippen LogP contribution in [-0.4, -0.2) is 11.6 Å². The number of allylic oxidation sites excluding steroid dienone is 11. The van der Waals surface area contributed by atoms with Gasteiger partial charge in [-0.15, -0.1) is 34.0 Å². The first-order chi connectivity index (χ1) is 30.5. The Morgan fingerprint density at radius 3 is 1.67 bits per heavy atom. The van der Waals surface area contributed by atoms with E-state index in [2.05, 4.69) is 15.8 Å². The number of hydrogen-bond donors (Lipinski definition) is 0. The van der Waals surface area contributed by atoms with Crippen LogP contribution in [0.3, 0.4) is 0 Å². The molecule has 0 bridgehead atoms. The summed E-state index contributed by atoms with van der Waals surface area (Å²) in [5.41, 5.74) is 3.33. The Balaban J connectivity index is 1.07. The molecule has 2 fully saturated rings. The molecule has 6 nitrogen and oxygen atoms in total. The van der Waals surface area contributed by atoms with Gasteiger partial charge in [-0.1, -0.05) is 44.6 Å². The molecule has 6 aliphatic rings. The molecule has 0 amide bonds. The highest BCUT2D eigenvalue weighted by molar-refractivity contribution is 7.39. The van der Waals surface area contributed by atoms with E-state index < -0.39 is 40.3 Å². The summed E-state index contributed by atoms with van der Waals surface area (Å²) in [4.78, 5) is 36.6. The van der Waals surface area contributed by atoms with Gasteiger partial charge in [-0.2, -0.15) is 0 Å². The van der Waals surface area contributed by atoms with Gasteiger partial charge < -0.3 is 0 Å². The Bertz CT molecular complexity index is 3400. The molecule has 0 radical (unpaired) electrons. The molecule has 11 rings (SSSR count). The van der Waals surface area contributed by atoms with Gasteiger partial charge >= 0.3 is 0 Å². The maximum atomic E-state index is 14.7. The summed E-state index contributed by atoms with van der Waals surface area (Å²) in [7, 11) is 0. The fraction of sp³-hybridized carbons (Fsp3) is 0.240. The average molecular weight is 889 g/mol. The number of hydrogen-bond acceptors (Lipinski definition) is 7. The van der Waals surface area contributed by atoms with E-state index in [1.165, 1.54) is 37.6 Å². The van der Waals surface area contributed by atoms with Crippen LogP contribution in [0.1, 0.15) is 111 Å². The molecule has 3 aromatic heterocycles. The summed E-state index contributed by atoms with van der Waals surface area (Å²) < 4.78 is 62.5. The second kappa shape index (κ2) is 14.0. The summed E-state index contributed by atoms with van der Waals surface area (Å²) in [5.74, 6) is -5.86. The SMILES string of the molecule is [C-]#[N+]/C(C#N)=C1\C(=C/c2cc3sc4c5c(sc4c3s2)C2=C(C=C(/C=C3\C(=O)c4cc(F)c(F)cc4\C3=C(\C#N)[N+]#[C-])C23CCCCC3)C52CCCCC2)C(=O)c2cc(F)c(F)cc21. The summed E-state index contributed by atoms with van der Waals surface area (Å²) in [6.07, 6.45) is 15.3. The molecule has 2 saturated carbocycles. The van der Waals surface area contributed by atoms with E-state index in [0.717, 1.165) is 108 Å². The van der Waals surface area contributed by atoms with Crippen LogP contribution in [-0.2, 0) is 5.41 Å². The number of thiophene rings is 3. The van der Waals surface area contributed by atoms with Crippen LogP contribution in [0.4, 0.5) is 17.6 Å². The molecular formula is C50H28F4N4O2S3. The lowest BCUT2D eigenvalue weighted by atomic mass is 9.66. The molecule has 2 aromatic carbocycles. The summed E-state index contributed by atoms with van der Waals surface area (Å²) in [5, 5.41) is 19.9. The van der Waals surface area contributed by atoms with Crippen molar-refractivity contribution in [3.63, 3.8) is 0 Å². The molecule has 6 aliphatic carbocycles. The van der Waals surface area contributed by atoms with Gasteiger partial charge in [0.1, 0.15) is 0 Å². The van der Waals surface area contributed by atoms with E-state index in [4.69, 9.17) is 13.1 Å². The lowest BCUT2D eigenvalue weighted by Gasteiger charge is -2.38. The van der Waals surface area contributed by atoms with Crippen molar-refractivity contribution in [1.82, 2.24) is 0 Å². The molecule has 0 N–H and O–H groups in total. The smallest absolute Gasteiger partial charge is 0.270 e. The molecular weight excluding hydrogens is 861 g/mol. The quantitative estimate of drug-likeness (QED) is 0.0764. The number of Topliss-reactive ketones (excluding diaryl/α,β-unsaturated/α-hetero) is 2. The standard InChI is InChI=1S/C50H28F4N4O2S3/c1-57-36(21-55)39-25-17-32(51)34(53)19-27(25)43(59)29(39)13-23-14-31-41(49(23)9-5-3-6-10-49)46-42(50(31)11-7-4-8-12-50)47-48(63-46)45-38(62-47)16-24(61-45)15-30-40(37(22-56)58-2)26-18-33(52)35(54)20-28(26)44(30)60/h13-20H,3-12H2/b29-13-,30-15+,39-36+,40-37-. The van der Waals surface area contributed by atoms with Crippen molar-refractivity contribution in [1.29, 1.82) is 10.5 Å². The van der Waals surface area contributed by atoms with Crippen molar-refractivity contribution in [2.75, 3.05) is 0 Å². The number of rotatable bonds is 2. The Morgan fingerprint density at radius 2 is 1.14 bits per heavy atom. The largest absolute Gasteiger partial charge is 0.289 e. The number of benzene rings is 2. The van der Waals surface area contributed by atoms with Crippen LogP contribution in [0.2, 0.25) is 0 Å². The first kappa shape index (κ1) is 39.4. The van der Waals surface area contributed by atoms with Crippen molar-refractivity contribution >= 4 is 87.2 Å². The van der Waals surface area contributed by atoms with E-state index >= 15 is 0 Å². The second-order valence-electron chi connectivity index (χ2n) is 16.9. The van der Waals surface area contributed by atoms with E-state index in [1.54, 1.807) is 28.7 Å². The van der Waals surface area contributed by atoms with E-state index in [-0.39, 0.29) is 61.4 Å². The summed E-state index contributed by atoms with van der Waals surface area (Å²) in [6.45, 7) is 15.4. The number of carbonyl (C=O) groups is 2. The van der Waals surface area contributed by atoms with Crippen LogP contribution in [0.15, 0.2) is 76.2 Å². The van der Waals surface area contributed by atoms with Crippen molar-refractivity contribution in [3.8, 4) is 12.1 Å². The summed E-state index contributed by atoms with van der Waals surface area (Å²) in [6, 6.07) is 9.18. The highest BCUT2D eigenvalue weighted by Crippen LogP contribution is 2.71. The van der Waals surface area contributed by atoms with Gasteiger partial charge in [0.2, 0.25) is 0 Å². The van der Waals surface area contributed by atoms with Crippen molar-refractivity contribution in [2.24, 2.45) is 5.41 Å². The van der Waals surface area contributed by atoms with Crippen molar-refractivity contribution in [2.45, 2.75) is 69.6 Å². The molecule has 0 atom stereocenters. The van der Waals surface area contributed by atoms with Gasteiger partial charge in [-0.3, -0.25) is 9.59 Å². The lowest BCUT2D eigenvalue weighted by Crippen LogP contribution is -2.28. The molecule has 2 spiro atoms. The van der Waals surface area contributed by atoms with Crippen LogP contribution in [0, 0.1) is 64.5 Å². The number of carbonyl (C=O) groups excluding carboxylic acids is 2. The maximum Gasteiger partial charge on any atom is 0.270 e. The molecule has 63 heavy (non-hydrogen) atoms. The fourth-order valence-corrected chi connectivity index (χ4v) is 15.9. The minimum absolute atomic E-state index is 0.0116. The van der Waals surface area contributed by atoms with Crippen LogP contribution < -0.4 is 0 Å². The molecule has 0 saturated heterocycles. The number of nitrogens with zero attached hydrogens (tertiary/aromatic N) is 4. The maximum absolute atomic E-state index is 14.7. The highest BCUT2D eigenvalue weighted by atomic mass is 32.1. The topological polar surface area (TPSA) is 90.4 Å². The fourth-order valence-electron chi connectivity index (χ4n) is 11.3. The molecule has 0 unspecified atom stereocenters. The van der Waals surface area contributed by atoms with Crippen LogP contribution >= 0.6 is 34.0 Å². The molecule has 5 aromatic rings. The minimum Gasteiger partial charge on any atom is -0.289 e. The number of ketones is 2. The van der Waals surface area contributed by atoms with Gasteiger partial charge in [0.25, 0.3) is 11.4 Å². The van der Waals surface area contributed by atoms with E-state index in [1.807, 2.05) is 24.3 Å². The highest BCUT2D eigenvalue weighted by Gasteiger charge is 2.57. The zero-order valence-corrected chi connectivity index (χ0v) is 35.5. The lowest BCUT2D eigenvalue weighted by molar-refractivity contribution is 0.103. The monoisotopic (exact) mass is 888 g/mol. The zero-order valence-electron chi connectivity index (χ0n) is 33.0. The molecule has 0 aliphatic heterocycles. The molecule has 306 valence electrons. The first-order valence-corrected chi connectivity index (χ1v) is 23.0. The van der Waals surface area contributed by atoms with Crippen LogP contribution in [0.5, 0.6) is 0 Å². The van der Waals surface area contributed by atoms with Gasteiger partial charge in [0.15, 0.2) is 34.8 Å². The van der Waals surface area contributed by atoms with Gasteiger partial charge in [-0.05, 0) is 102 Å². The van der Waals surface area contributed by atoms with Crippen molar-refractivity contribution < 1.29 is 27.2 Å². The van der Waals surface area contributed by atoms with E-state index in [9.17, 15) is 37.7 Å². The van der Waals surface area contributed by atoms with Gasteiger partial charge in [-0.25, -0.2) is 37.8 Å². The third-order valence-electron chi connectivity index (χ3n) is 13.9. The molecule has 3 heterocycles. The second-order valence-corrected chi connectivity index (χ2v) is 20.0. The third-order valence-corrected chi connectivity index (χ3v) is 17.8. The predicted molar refractivity (Wildman–Crippen MR) is 236 cm³/mol. The van der Waals surface area contributed by atoms with Crippen molar-refractivity contribution in [3.05, 3.63) is 160 Å². The number of fused-ring (bicyclic) bond motifs is 11. The molecule has 13 heteroatoms. The Labute approximate surface area is 370 Å². The first-order valence-electron chi connectivity index (χ1n) is 20.5. The average Bonchev–Trinajstić information content (AvgIpc) is 4.13. The number of halogens is 4. The number of nitriles is 2. The predicted octanol–water partition coefficient (Wildman–Crippen LogP) is 14.0. The Kier molecular flexibility index (Phi) is 8.76.